The number of aryl methyl sites for hydroxylation is 1. The van der Waals surface area contributed by atoms with Crippen LogP contribution >= 0.6 is 0 Å². The molecule has 6 rings (SSSR count). The summed E-state index contributed by atoms with van der Waals surface area (Å²) in [6.45, 7) is 9.89. The molecule has 6 atom stereocenters. The van der Waals surface area contributed by atoms with Gasteiger partial charge in [0.25, 0.3) is 0 Å². The van der Waals surface area contributed by atoms with Crippen LogP contribution in [-0.2, 0) is 17.6 Å². The lowest BCUT2D eigenvalue weighted by Crippen LogP contribution is -2.68. The molecule has 1 saturated heterocycles. The number of carbonyl (C=O) groups excluding carboxylic acids is 1. The van der Waals surface area contributed by atoms with Crippen LogP contribution in [0, 0.1) is 25.2 Å². The smallest absolute Gasteiger partial charge is 0.236 e. The third-order valence-corrected chi connectivity index (χ3v) is 9.49. The molecular weight excluding hydrogens is 550 g/mol. The van der Waals surface area contributed by atoms with Crippen LogP contribution in [-0.4, -0.2) is 79.1 Å². The third-order valence-electron chi connectivity index (χ3n) is 9.49. The lowest BCUT2D eigenvalue weighted by Gasteiger charge is -2.60. The molecule has 0 aliphatic carbocycles. The zero-order valence-electron chi connectivity index (χ0n) is 25.3. The standard InChI is InChI=1S/C32H39N5O6/c1-7-8-41-29-16(3)30-31(43-14-42-30)25-19(29)11-21-26-24-18(9-15(2)28(40-6)27(24)38)10-20(36(26)5)22(12-33)37(21)23(25)13-35-32(39)17(4)34/h7,9,17,20-23,26,38H,1,8,10-11,13-14,34H2,2-6H3,(H,35,39)/t17?,20?,21?,22-,23?,26?/m0/s1. The molecule has 2 aromatic carbocycles. The quantitative estimate of drug-likeness (QED) is 0.413. The molecule has 4 heterocycles. The second-order valence-electron chi connectivity index (χ2n) is 11.9. The van der Waals surface area contributed by atoms with Crippen LogP contribution < -0.4 is 30.0 Å². The first-order chi connectivity index (χ1) is 20.6. The van der Waals surface area contributed by atoms with Gasteiger partial charge in [-0.05, 0) is 51.8 Å². The van der Waals surface area contributed by atoms with E-state index in [9.17, 15) is 15.2 Å². The van der Waals surface area contributed by atoms with Crippen LogP contribution in [0.2, 0.25) is 0 Å². The van der Waals surface area contributed by atoms with Gasteiger partial charge in [-0.15, -0.1) is 0 Å². The number of hydrogen-bond donors (Lipinski definition) is 3. The van der Waals surface area contributed by atoms with E-state index in [4.69, 9.17) is 24.7 Å². The monoisotopic (exact) mass is 589 g/mol. The number of nitrogens with two attached hydrogens (primary N) is 1. The Balaban J connectivity index is 1.60. The zero-order chi connectivity index (χ0) is 30.7. The van der Waals surface area contributed by atoms with E-state index in [2.05, 4.69) is 33.8 Å². The largest absolute Gasteiger partial charge is 0.504 e. The lowest BCUT2D eigenvalue weighted by atomic mass is 9.71. The van der Waals surface area contributed by atoms with Crippen LogP contribution in [0.3, 0.4) is 0 Å². The molecule has 2 aromatic rings. The second kappa shape index (κ2) is 10.9. The van der Waals surface area contributed by atoms with Gasteiger partial charge in [0.1, 0.15) is 18.4 Å². The number of piperazine rings is 1. The molecule has 0 spiro atoms. The van der Waals surface area contributed by atoms with Gasteiger partial charge < -0.3 is 35.1 Å². The molecule has 228 valence electrons. The van der Waals surface area contributed by atoms with Crippen molar-refractivity contribution in [3.05, 3.63) is 52.1 Å². The summed E-state index contributed by atoms with van der Waals surface area (Å²) in [6, 6.07) is 2.30. The van der Waals surface area contributed by atoms with Crippen LogP contribution in [0.25, 0.3) is 0 Å². The minimum atomic E-state index is -0.702. The molecule has 43 heavy (non-hydrogen) atoms. The van der Waals surface area contributed by atoms with Crippen LogP contribution in [0.5, 0.6) is 28.7 Å². The molecule has 11 heteroatoms. The topological polar surface area (TPSA) is 143 Å². The molecule has 5 unspecified atom stereocenters. The number of hydrogen-bond acceptors (Lipinski definition) is 10. The fourth-order valence-electron chi connectivity index (χ4n) is 7.73. The highest BCUT2D eigenvalue weighted by Crippen LogP contribution is 2.58. The molecule has 0 aromatic heterocycles. The normalized spacial score (nSPS) is 25.9. The van der Waals surface area contributed by atoms with Gasteiger partial charge in [0.15, 0.2) is 23.0 Å². The average Bonchev–Trinajstić information content (AvgIpc) is 3.46. The molecule has 0 saturated carbocycles. The molecule has 0 radical (unpaired) electrons. The molecule has 4 aliphatic heterocycles. The lowest BCUT2D eigenvalue weighted by molar-refractivity contribution is -0.123. The molecule has 4 aliphatic rings. The van der Waals surface area contributed by atoms with E-state index < -0.39 is 18.1 Å². The fourth-order valence-corrected chi connectivity index (χ4v) is 7.73. The Morgan fingerprint density at radius 2 is 2.02 bits per heavy atom. The summed E-state index contributed by atoms with van der Waals surface area (Å²) in [6.07, 6.45) is 2.78. The minimum Gasteiger partial charge on any atom is -0.504 e. The number of methoxy groups -OCH3 is 1. The first kappa shape index (κ1) is 29.1. The summed E-state index contributed by atoms with van der Waals surface area (Å²) < 4.78 is 24.0. The summed E-state index contributed by atoms with van der Waals surface area (Å²) in [4.78, 5) is 17.2. The number of benzene rings is 2. The molecule has 4 N–H and O–H groups in total. The van der Waals surface area contributed by atoms with E-state index in [0.717, 1.165) is 33.4 Å². The van der Waals surface area contributed by atoms with Crippen LogP contribution in [0.4, 0.5) is 0 Å². The zero-order valence-corrected chi connectivity index (χ0v) is 25.3. The maximum Gasteiger partial charge on any atom is 0.236 e. The van der Waals surface area contributed by atoms with Crippen molar-refractivity contribution in [2.24, 2.45) is 5.73 Å². The summed E-state index contributed by atoms with van der Waals surface area (Å²) in [5.74, 6) is 2.18. The van der Waals surface area contributed by atoms with Crippen molar-refractivity contribution < 1.29 is 28.8 Å². The van der Waals surface area contributed by atoms with Crippen molar-refractivity contribution in [1.29, 1.82) is 5.26 Å². The van der Waals surface area contributed by atoms with Gasteiger partial charge in [-0.25, -0.2) is 0 Å². The van der Waals surface area contributed by atoms with Gasteiger partial charge in [-0.3, -0.25) is 14.6 Å². The Labute approximate surface area is 251 Å². The molecule has 1 amide bonds. The summed E-state index contributed by atoms with van der Waals surface area (Å²) >= 11 is 0. The van der Waals surface area contributed by atoms with Crippen molar-refractivity contribution >= 4 is 5.91 Å². The molecular formula is C32H39N5O6. The average molecular weight is 590 g/mol. The van der Waals surface area contributed by atoms with Gasteiger partial charge in [0.05, 0.1) is 31.3 Å². The van der Waals surface area contributed by atoms with Crippen molar-refractivity contribution in [3.8, 4) is 34.8 Å². The number of ether oxygens (including phenoxy) is 4. The van der Waals surface area contributed by atoms with Crippen molar-refractivity contribution in [2.75, 3.05) is 34.1 Å². The number of rotatable bonds is 7. The van der Waals surface area contributed by atoms with Crippen molar-refractivity contribution in [2.45, 2.75) is 69.9 Å². The fraction of sp³-hybridized carbons (Fsp3) is 0.500. The van der Waals surface area contributed by atoms with E-state index in [1.807, 2.05) is 20.9 Å². The minimum absolute atomic E-state index is 0.0614. The Morgan fingerprint density at radius 1 is 1.28 bits per heavy atom. The van der Waals surface area contributed by atoms with Gasteiger partial charge in [0, 0.05) is 40.9 Å². The van der Waals surface area contributed by atoms with Crippen molar-refractivity contribution in [3.63, 3.8) is 0 Å². The summed E-state index contributed by atoms with van der Waals surface area (Å²) in [5, 5.41) is 25.4. The summed E-state index contributed by atoms with van der Waals surface area (Å²) in [7, 11) is 3.58. The number of nitrogens with one attached hydrogen (secondary N) is 1. The Kier molecular flexibility index (Phi) is 7.40. The van der Waals surface area contributed by atoms with Gasteiger partial charge >= 0.3 is 0 Å². The maximum absolute atomic E-state index is 12.8. The van der Waals surface area contributed by atoms with Crippen LogP contribution in [0.15, 0.2) is 18.7 Å². The first-order valence-electron chi connectivity index (χ1n) is 14.6. The Bertz CT molecular complexity index is 1530. The highest BCUT2D eigenvalue weighted by atomic mass is 16.7. The van der Waals surface area contributed by atoms with E-state index in [0.29, 0.717) is 42.4 Å². The predicted octanol–water partition coefficient (Wildman–Crippen LogP) is 2.55. The van der Waals surface area contributed by atoms with Gasteiger partial charge in [0.2, 0.25) is 12.7 Å². The SMILES string of the molecule is C=CCOc1c(C)c2c(c3c1CC1C4c5c(cc(C)c(OC)c5O)CC([C@H](C#N)N1C3CNC(=O)C(C)N)N4C)OCO2. The Hall–Kier alpha value is -3.98. The van der Waals surface area contributed by atoms with Crippen LogP contribution in [0.1, 0.15) is 52.4 Å². The molecule has 11 nitrogen and oxygen atoms in total. The number of likely N-dealkylation sites (N-methyl/N-ethyl adjacent to an activating group) is 1. The number of carbonyl (C=O) groups is 1. The summed E-state index contributed by atoms with van der Waals surface area (Å²) in [5.41, 5.74) is 11.2. The number of fused-ring (bicyclic) bond motifs is 9. The van der Waals surface area contributed by atoms with Crippen molar-refractivity contribution in [1.82, 2.24) is 15.1 Å². The van der Waals surface area contributed by atoms with E-state index in [-0.39, 0.29) is 43.1 Å². The van der Waals surface area contributed by atoms with Gasteiger partial charge in [-0.2, -0.15) is 5.26 Å². The van der Waals surface area contributed by atoms with E-state index in [1.54, 1.807) is 20.1 Å². The molecule has 2 bridgehead atoms. The Morgan fingerprint density at radius 3 is 2.70 bits per heavy atom. The number of nitriles is 1. The predicted molar refractivity (Wildman–Crippen MR) is 159 cm³/mol. The van der Waals surface area contributed by atoms with Gasteiger partial charge in [-0.1, -0.05) is 18.7 Å². The maximum atomic E-state index is 12.8. The highest BCUT2D eigenvalue weighted by Gasteiger charge is 2.56. The highest BCUT2D eigenvalue weighted by molar-refractivity contribution is 5.81. The number of nitrogens with zero attached hydrogens (tertiary/aromatic N) is 3. The second-order valence-corrected chi connectivity index (χ2v) is 11.9. The number of amides is 1. The third kappa shape index (κ3) is 4.31. The number of phenols is 1. The first-order valence-corrected chi connectivity index (χ1v) is 14.6. The number of phenolic OH excluding ortho intramolecular Hbond substituents is 1. The number of aromatic hydroxyl groups is 1. The van der Waals surface area contributed by atoms with E-state index >= 15 is 0 Å². The van der Waals surface area contributed by atoms with E-state index in [1.165, 1.54) is 0 Å². The molecule has 1 fully saturated rings.